The van der Waals surface area contributed by atoms with Crippen LogP contribution in [-0.2, 0) is 38.5 Å². The first-order valence-electron chi connectivity index (χ1n) is 27.9. The van der Waals surface area contributed by atoms with E-state index in [9.17, 15) is 0 Å². The van der Waals surface area contributed by atoms with Gasteiger partial charge >= 0.3 is 16.8 Å². The zero-order valence-corrected chi connectivity index (χ0v) is 48.7. The molecule has 0 amide bonds. The Morgan fingerprint density at radius 2 is 0.711 bits per heavy atom. The molecule has 0 saturated carbocycles. The van der Waals surface area contributed by atoms with E-state index in [1.54, 1.807) is 28.4 Å². The van der Waals surface area contributed by atoms with Crippen molar-refractivity contribution in [2.75, 3.05) is 28.4 Å². The smallest absolute Gasteiger partial charge is 0.497 e. The molecule has 0 radical (unpaired) electrons. The van der Waals surface area contributed by atoms with Crippen LogP contribution >= 0.6 is 16.8 Å². The van der Waals surface area contributed by atoms with Crippen LogP contribution in [0.4, 0.5) is 0 Å². The molecular weight excluding hydrogens is 991 g/mol. The molecule has 10 nitrogen and oxygen atoms in total. The molecule has 0 saturated heterocycles. The van der Waals surface area contributed by atoms with Crippen LogP contribution in [0, 0.1) is 0 Å². The number of rotatable bonds is 31. The lowest BCUT2D eigenvalue weighted by Gasteiger charge is -2.24. The van der Waals surface area contributed by atoms with Crippen molar-refractivity contribution in [1.82, 2.24) is 0 Å². The topological polar surface area (TPSA) is 100 Å². The number of methoxy groups -OCH3 is 4. The minimum absolute atomic E-state index is 0.605. The van der Waals surface area contributed by atoms with Crippen molar-refractivity contribution in [3.8, 4) is 57.1 Å². The number of ether oxygens (including phenoxy) is 4. The fraction of sp³-hybridized carbons (Fsp3) is 0.438. The second-order valence-corrected chi connectivity index (χ2v) is 21.5. The summed E-state index contributed by atoms with van der Waals surface area (Å²) in [7, 11) is 2.55. The van der Waals surface area contributed by atoms with E-state index >= 15 is 0 Å². The molecule has 6 aromatic carbocycles. The highest BCUT2D eigenvalue weighted by Crippen LogP contribution is 2.53. The molecule has 0 aliphatic rings. The summed E-state index contributed by atoms with van der Waals surface area (Å²) < 4.78 is 67.1. The van der Waals surface area contributed by atoms with Gasteiger partial charge in [-0.05, 0) is 183 Å². The zero-order valence-electron chi connectivity index (χ0n) is 46.9. The monoisotopic (exact) mass is 1070 g/mol. The van der Waals surface area contributed by atoms with Crippen LogP contribution in [-0.4, -0.2) is 28.4 Å². The van der Waals surface area contributed by atoms with Gasteiger partial charge in [0.2, 0.25) is 0 Å². The van der Waals surface area contributed by atoms with Crippen molar-refractivity contribution in [3.05, 3.63) is 130 Å². The summed E-state index contributed by atoms with van der Waals surface area (Å²) >= 11 is 0. The predicted octanol–water partition coefficient (Wildman–Crippen LogP) is 19.7. The summed E-state index contributed by atoms with van der Waals surface area (Å²) in [5.74, 6) is 5.35. The molecule has 0 atom stereocenters. The fourth-order valence-corrected chi connectivity index (χ4v) is 11.6. The average molecular weight is 1070 g/mol. The van der Waals surface area contributed by atoms with Gasteiger partial charge < -0.3 is 45.4 Å². The lowest BCUT2D eigenvalue weighted by Crippen LogP contribution is -2.06. The van der Waals surface area contributed by atoms with Crippen molar-refractivity contribution in [2.24, 2.45) is 0 Å². The second-order valence-electron chi connectivity index (χ2n) is 19.6. The standard InChI is InChI=1S/C64H82O10P2/c1-11-17-23-45-29-33-51(34-30-45)69-75(70-52-35-31-46(32-36-52)24-18-12-2)71-61-47(25-19-13-3)37-53(65-7)41-57(61)58-42-54(66-8)38-48(26-20-14-4)62(58)72-76-73-63-49(27-21-15-5)39-55(67-9)43-59(63)60-44-56(68-10)40-50(28-22-16-6)64(60)74-76/h29-44H,11-28H2,1-10H3. The van der Waals surface area contributed by atoms with Gasteiger partial charge in [-0.25, -0.2) is 0 Å². The minimum Gasteiger partial charge on any atom is -0.497 e. The number of benzene rings is 6. The molecule has 12 heteroatoms. The van der Waals surface area contributed by atoms with Gasteiger partial charge in [0.25, 0.3) is 0 Å². The van der Waals surface area contributed by atoms with Crippen molar-refractivity contribution < 1.29 is 45.4 Å². The van der Waals surface area contributed by atoms with E-state index in [4.69, 9.17) is 45.4 Å². The SMILES string of the molecule is CCCCc1ccc(OP(Oc2ccc(CCCC)cc2)Oc2c(CCCC)cc(OC)cc2-c2cc(OC)cc(CCCC)c2Op2oc3c(CCCC)cc(OC)cc3c3cc(OC)cc(CCCC)c3o2)cc1. The molecule has 0 bridgehead atoms. The highest BCUT2D eigenvalue weighted by atomic mass is 31.2. The first-order chi connectivity index (χ1) is 37.2. The summed E-state index contributed by atoms with van der Waals surface area (Å²) in [6, 6.07) is 33.0. The molecule has 76 heavy (non-hydrogen) atoms. The predicted molar refractivity (Wildman–Crippen MR) is 314 cm³/mol. The van der Waals surface area contributed by atoms with Gasteiger partial charge in [0, 0.05) is 21.9 Å². The molecule has 0 N–H and O–H groups in total. The van der Waals surface area contributed by atoms with Crippen LogP contribution in [0.25, 0.3) is 33.1 Å². The molecule has 0 fully saturated rings. The number of hydrogen-bond acceptors (Lipinski definition) is 10. The average Bonchev–Trinajstić information content (AvgIpc) is 3.62. The van der Waals surface area contributed by atoms with E-state index in [0.717, 1.165) is 158 Å². The summed E-state index contributed by atoms with van der Waals surface area (Å²) in [4.78, 5) is 0. The second kappa shape index (κ2) is 29.5. The van der Waals surface area contributed by atoms with Gasteiger partial charge in [0.15, 0.2) is 0 Å². The van der Waals surface area contributed by atoms with Crippen LogP contribution in [0.5, 0.6) is 46.0 Å². The Bertz CT molecular complexity index is 2840. The van der Waals surface area contributed by atoms with Crippen LogP contribution in [0.2, 0.25) is 0 Å². The van der Waals surface area contributed by atoms with Gasteiger partial charge in [-0.15, -0.1) is 0 Å². The number of fused-ring (bicyclic) bond motifs is 3. The molecule has 0 aliphatic carbocycles. The Kier molecular flexibility index (Phi) is 22.4. The largest absolute Gasteiger partial charge is 0.530 e. The Morgan fingerprint density at radius 1 is 0.368 bits per heavy atom. The quantitative estimate of drug-likeness (QED) is 0.0391. The Labute approximate surface area is 455 Å². The summed E-state index contributed by atoms with van der Waals surface area (Å²) in [6.45, 7) is 13.2. The first kappa shape index (κ1) is 57.7. The van der Waals surface area contributed by atoms with Gasteiger partial charge in [0.1, 0.15) is 57.2 Å². The van der Waals surface area contributed by atoms with Crippen LogP contribution in [0.15, 0.2) is 105 Å². The lowest BCUT2D eigenvalue weighted by atomic mass is 9.94. The van der Waals surface area contributed by atoms with E-state index in [0.29, 0.717) is 58.5 Å². The van der Waals surface area contributed by atoms with E-state index in [1.165, 1.54) is 11.1 Å². The van der Waals surface area contributed by atoms with Gasteiger partial charge in [-0.2, -0.15) is 0 Å². The van der Waals surface area contributed by atoms with E-state index in [1.807, 2.05) is 48.5 Å². The minimum atomic E-state index is -2.16. The summed E-state index contributed by atoms with van der Waals surface area (Å²) in [6.07, 6.45) is 17.2. The lowest BCUT2D eigenvalue weighted by molar-refractivity contribution is 0.384. The maximum atomic E-state index is 7.47. The molecule has 7 rings (SSSR count). The molecule has 7 aromatic rings. The molecule has 408 valence electrons. The highest BCUT2D eigenvalue weighted by molar-refractivity contribution is 7.43. The van der Waals surface area contributed by atoms with Gasteiger partial charge in [0.05, 0.1) is 28.4 Å². The Balaban J connectivity index is 1.49. The Morgan fingerprint density at radius 3 is 1.11 bits per heavy atom. The zero-order chi connectivity index (χ0) is 53.8. The van der Waals surface area contributed by atoms with E-state index < -0.39 is 16.8 Å². The molecule has 0 aliphatic heterocycles. The maximum absolute atomic E-state index is 7.47. The third kappa shape index (κ3) is 15.2. The van der Waals surface area contributed by atoms with E-state index in [-0.39, 0.29) is 0 Å². The number of unbranched alkanes of at least 4 members (excludes halogenated alkanes) is 6. The summed E-state index contributed by atoms with van der Waals surface area (Å²) in [5.41, 5.74) is 9.34. The highest BCUT2D eigenvalue weighted by Gasteiger charge is 2.29. The molecular formula is C64H82O10P2. The third-order valence-corrected chi connectivity index (χ3v) is 15.8. The van der Waals surface area contributed by atoms with Crippen molar-refractivity contribution in [1.29, 1.82) is 0 Å². The Hall–Kier alpha value is -5.95. The van der Waals surface area contributed by atoms with Crippen molar-refractivity contribution in [2.45, 2.75) is 157 Å². The van der Waals surface area contributed by atoms with Crippen LogP contribution in [0.3, 0.4) is 0 Å². The van der Waals surface area contributed by atoms with Crippen molar-refractivity contribution in [3.63, 3.8) is 0 Å². The first-order valence-corrected chi connectivity index (χ1v) is 30.1. The number of hydrogen-bond donors (Lipinski definition) is 0. The van der Waals surface area contributed by atoms with E-state index in [2.05, 4.69) is 90.1 Å². The van der Waals surface area contributed by atoms with Crippen molar-refractivity contribution >= 4 is 38.8 Å². The van der Waals surface area contributed by atoms with Gasteiger partial charge in [-0.3, -0.25) is 0 Å². The molecule has 1 heterocycles. The summed E-state index contributed by atoms with van der Waals surface area (Å²) in [5, 5.41) is 1.74. The molecule has 0 spiro atoms. The third-order valence-electron chi connectivity index (χ3n) is 13.8. The fourth-order valence-electron chi connectivity index (χ4n) is 9.33. The number of aryl methyl sites for hydroxylation is 6. The maximum Gasteiger partial charge on any atom is 0.530 e. The van der Waals surface area contributed by atoms with Crippen LogP contribution in [0.1, 0.15) is 152 Å². The molecule has 0 unspecified atom stereocenters. The van der Waals surface area contributed by atoms with Gasteiger partial charge in [-0.1, -0.05) is 104 Å². The molecule has 1 aromatic heterocycles. The van der Waals surface area contributed by atoms with Crippen LogP contribution < -0.4 is 37.0 Å². The normalized spacial score (nSPS) is 11.3.